The van der Waals surface area contributed by atoms with Gasteiger partial charge < -0.3 is 5.11 Å². The predicted octanol–water partition coefficient (Wildman–Crippen LogP) is 2.81. The largest absolute Gasteiger partial charge is 0.480 e. The van der Waals surface area contributed by atoms with Crippen molar-refractivity contribution in [1.29, 1.82) is 0 Å². The van der Waals surface area contributed by atoms with E-state index in [0.717, 1.165) is 30.7 Å². The average Bonchev–Trinajstić information content (AvgIpc) is 3.28. The van der Waals surface area contributed by atoms with Crippen LogP contribution in [0, 0.1) is 5.92 Å². The molecule has 0 saturated heterocycles. The number of hydrogen-bond donors (Lipinski definition) is 2. The first kappa shape index (κ1) is 14.2. The van der Waals surface area contributed by atoms with Crippen LogP contribution < -0.4 is 5.32 Å². The number of nitrogens with one attached hydrogen (secondary N) is 1. The monoisotopic (exact) mass is 312 g/mol. The molecule has 6 heteroatoms. The lowest BCUT2D eigenvalue weighted by atomic mass is 9.95. The van der Waals surface area contributed by atoms with E-state index in [9.17, 15) is 9.90 Å². The number of hydrogen-bond acceptors (Lipinski definition) is 4. The summed E-state index contributed by atoms with van der Waals surface area (Å²) in [6, 6.07) is 4.00. The minimum absolute atomic E-state index is 0.250. The van der Waals surface area contributed by atoms with E-state index in [-0.39, 0.29) is 5.92 Å². The molecule has 0 aliphatic heterocycles. The third kappa shape index (κ3) is 3.10. The number of aromatic nitrogens is 1. The summed E-state index contributed by atoms with van der Waals surface area (Å²) < 4.78 is 0. The van der Waals surface area contributed by atoms with Gasteiger partial charge in [0.1, 0.15) is 5.54 Å². The summed E-state index contributed by atoms with van der Waals surface area (Å²) in [7, 11) is 0. The van der Waals surface area contributed by atoms with Gasteiger partial charge in [-0.3, -0.25) is 10.1 Å². The van der Waals surface area contributed by atoms with E-state index in [1.54, 1.807) is 12.3 Å². The number of rotatable bonds is 7. The Morgan fingerprint density at radius 2 is 2.20 bits per heavy atom. The molecule has 0 radical (unpaired) electrons. The second-order valence-corrected chi connectivity index (χ2v) is 7.00. The van der Waals surface area contributed by atoms with Crippen LogP contribution in [0.5, 0.6) is 0 Å². The highest BCUT2D eigenvalue weighted by Crippen LogP contribution is 2.44. The summed E-state index contributed by atoms with van der Waals surface area (Å²) in [5.41, 5.74) is -0.798. The summed E-state index contributed by atoms with van der Waals surface area (Å²) in [6.45, 7) is 0. The fraction of sp³-hybridized carbons (Fsp3) is 0.571. The number of carboxylic acids is 1. The van der Waals surface area contributed by atoms with Crippen molar-refractivity contribution in [3.8, 4) is 0 Å². The number of nitrogens with zero attached hydrogens (tertiary/aromatic N) is 1. The number of pyridine rings is 1. The van der Waals surface area contributed by atoms with Gasteiger partial charge >= 0.3 is 5.97 Å². The van der Waals surface area contributed by atoms with Gasteiger partial charge in [0.2, 0.25) is 0 Å². The molecule has 0 spiro atoms. The molecule has 2 aliphatic rings. The zero-order valence-corrected chi connectivity index (χ0v) is 12.6. The van der Waals surface area contributed by atoms with Crippen LogP contribution in [0.15, 0.2) is 23.4 Å². The summed E-state index contributed by atoms with van der Waals surface area (Å²) in [5, 5.41) is 14.5. The van der Waals surface area contributed by atoms with Crippen molar-refractivity contribution in [3.05, 3.63) is 23.4 Å². The third-order valence-corrected chi connectivity index (χ3v) is 5.20. The topological polar surface area (TPSA) is 62.2 Å². The first-order valence-electron chi connectivity index (χ1n) is 6.85. The molecule has 0 aromatic carbocycles. The van der Waals surface area contributed by atoms with Crippen LogP contribution in [0.25, 0.3) is 0 Å². The minimum atomic E-state index is -0.798. The third-order valence-electron chi connectivity index (χ3n) is 3.84. The predicted molar refractivity (Wildman–Crippen MR) is 79.2 cm³/mol. The molecule has 3 rings (SSSR count). The Hall–Kier alpha value is -0.780. The van der Waals surface area contributed by atoms with Crippen molar-refractivity contribution in [3.63, 3.8) is 0 Å². The smallest absolute Gasteiger partial charge is 0.325 e. The number of aliphatic carboxylic acids is 1. The maximum Gasteiger partial charge on any atom is 0.325 e. The Morgan fingerprint density at radius 1 is 1.45 bits per heavy atom. The molecule has 2 N–H and O–H groups in total. The van der Waals surface area contributed by atoms with E-state index in [2.05, 4.69) is 10.3 Å². The highest BCUT2D eigenvalue weighted by molar-refractivity contribution is 7.99. The number of carboxylic acid groups (broad SMARTS) is 1. The first-order valence-corrected chi connectivity index (χ1v) is 8.22. The van der Waals surface area contributed by atoms with Gasteiger partial charge in [0.05, 0.1) is 10.0 Å². The molecular formula is C14H17ClN2O2S. The average molecular weight is 313 g/mol. The van der Waals surface area contributed by atoms with Gasteiger partial charge in [0.15, 0.2) is 0 Å². The molecule has 0 bridgehead atoms. The van der Waals surface area contributed by atoms with Crippen LogP contribution in [0.2, 0.25) is 5.02 Å². The molecule has 1 aromatic heterocycles. The zero-order valence-electron chi connectivity index (χ0n) is 11.0. The fourth-order valence-electron chi connectivity index (χ4n) is 2.38. The molecule has 4 nitrogen and oxygen atoms in total. The van der Waals surface area contributed by atoms with Crippen molar-refractivity contribution in [1.82, 2.24) is 10.3 Å². The Morgan fingerprint density at radius 3 is 2.70 bits per heavy atom. The first-order chi connectivity index (χ1) is 9.60. The van der Waals surface area contributed by atoms with E-state index in [0.29, 0.717) is 16.8 Å². The SMILES string of the molecule is O=C(O)C(CSc1ccc(Cl)cn1)(NC1CC1)C1CC1. The maximum absolute atomic E-state index is 11.8. The van der Waals surface area contributed by atoms with E-state index < -0.39 is 11.5 Å². The summed E-state index contributed by atoms with van der Waals surface area (Å²) in [5.74, 6) is 0.0340. The van der Waals surface area contributed by atoms with Gasteiger partial charge in [-0.1, -0.05) is 11.6 Å². The van der Waals surface area contributed by atoms with Gasteiger partial charge in [-0.05, 0) is 43.7 Å². The van der Waals surface area contributed by atoms with Crippen LogP contribution in [-0.4, -0.2) is 33.4 Å². The van der Waals surface area contributed by atoms with Gasteiger partial charge in [-0.25, -0.2) is 4.98 Å². The van der Waals surface area contributed by atoms with Crippen LogP contribution >= 0.6 is 23.4 Å². The minimum Gasteiger partial charge on any atom is -0.480 e. The summed E-state index contributed by atoms with van der Waals surface area (Å²) >= 11 is 7.30. The van der Waals surface area contributed by atoms with E-state index in [1.807, 2.05) is 6.07 Å². The van der Waals surface area contributed by atoms with E-state index in [4.69, 9.17) is 11.6 Å². The quantitative estimate of drug-likeness (QED) is 0.758. The lowest BCUT2D eigenvalue weighted by Crippen LogP contribution is -2.57. The highest BCUT2D eigenvalue weighted by atomic mass is 35.5. The van der Waals surface area contributed by atoms with Crippen molar-refractivity contribution in [2.75, 3.05) is 5.75 Å². The Labute approximate surface area is 127 Å². The molecule has 1 atom stereocenters. The molecule has 2 fully saturated rings. The summed E-state index contributed by atoms with van der Waals surface area (Å²) in [4.78, 5) is 16.0. The highest BCUT2D eigenvalue weighted by Gasteiger charge is 2.53. The zero-order chi connectivity index (χ0) is 14.2. The van der Waals surface area contributed by atoms with Crippen molar-refractivity contribution >= 4 is 29.3 Å². The van der Waals surface area contributed by atoms with Gasteiger partial charge in [0, 0.05) is 18.0 Å². The van der Waals surface area contributed by atoms with Gasteiger partial charge in [0.25, 0.3) is 0 Å². The van der Waals surface area contributed by atoms with Gasteiger partial charge in [-0.2, -0.15) is 0 Å². The van der Waals surface area contributed by atoms with Crippen molar-refractivity contribution in [2.24, 2.45) is 5.92 Å². The van der Waals surface area contributed by atoms with E-state index >= 15 is 0 Å². The molecule has 20 heavy (non-hydrogen) atoms. The number of thioether (sulfide) groups is 1. The Bertz CT molecular complexity index is 502. The van der Waals surface area contributed by atoms with Crippen LogP contribution in [0.4, 0.5) is 0 Å². The molecule has 0 amide bonds. The summed E-state index contributed by atoms with van der Waals surface area (Å²) in [6.07, 6.45) is 5.77. The maximum atomic E-state index is 11.8. The van der Waals surface area contributed by atoms with Crippen LogP contribution in [0.1, 0.15) is 25.7 Å². The number of halogens is 1. The molecule has 2 aliphatic carbocycles. The van der Waals surface area contributed by atoms with Gasteiger partial charge in [-0.15, -0.1) is 11.8 Å². The Balaban J connectivity index is 1.71. The molecule has 2 saturated carbocycles. The van der Waals surface area contributed by atoms with Crippen LogP contribution in [-0.2, 0) is 4.79 Å². The van der Waals surface area contributed by atoms with Crippen LogP contribution in [0.3, 0.4) is 0 Å². The molecule has 108 valence electrons. The lowest BCUT2D eigenvalue weighted by Gasteiger charge is -2.30. The lowest BCUT2D eigenvalue weighted by molar-refractivity contribution is -0.145. The number of carbonyl (C=O) groups is 1. The normalized spacial score (nSPS) is 21.4. The second kappa shape index (κ2) is 5.54. The molecule has 1 aromatic rings. The van der Waals surface area contributed by atoms with Crippen molar-refractivity contribution in [2.45, 2.75) is 42.3 Å². The fourth-order valence-corrected chi connectivity index (χ4v) is 3.60. The van der Waals surface area contributed by atoms with Crippen molar-refractivity contribution < 1.29 is 9.90 Å². The van der Waals surface area contributed by atoms with E-state index in [1.165, 1.54) is 11.8 Å². The molecule has 1 unspecified atom stereocenters. The molecule has 1 heterocycles. The molecular weight excluding hydrogens is 296 g/mol. The Kier molecular flexibility index (Phi) is 3.93. The second-order valence-electron chi connectivity index (χ2n) is 5.57. The standard InChI is InChI=1S/C14H17ClN2O2S/c15-10-3-6-12(16-7-10)20-8-14(13(18)19,9-1-2-9)17-11-4-5-11/h3,6-7,9,11,17H,1-2,4-5,8H2,(H,18,19).